The molecule has 2 aromatic carbocycles. The molecule has 0 amide bonds. The number of methoxy groups -OCH3 is 1. The van der Waals surface area contributed by atoms with Crippen molar-refractivity contribution in [2.45, 2.75) is 11.9 Å². The number of benzene rings is 2. The second-order valence-corrected chi connectivity index (χ2v) is 5.50. The normalized spacial score (nSPS) is 10.3. The third kappa shape index (κ3) is 3.98. The summed E-state index contributed by atoms with van der Waals surface area (Å²) in [6, 6.07) is 13.9. The van der Waals surface area contributed by atoms with E-state index >= 15 is 0 Å². The Morgan fingerprint density at radius 1 is 1.05 bits per heavy atom. The van der Waals surface area contributed by atoms with Crippen molar-refractivity contribution < 1.29 is 9.47 Å². The van der Waals surface area contributed by atoms with Gasteiger partial charge in [-0.3, -0.25) is 0 Å². The van der Waals surface area contributed by atoms with E-state index in [2.05, 4.69) is 31.9 Å². The molecule has 0 spiro atoms. The third-order valence-corrected chi connectivity index (χ3v) is 3.85. The number of hydrogen-bond acceptors (Lipinski definition) is 2. The van der Waals surface area contributed by atoms with E-state index in [0.29, 0.717) is 6.61 Å². The van der Waals surface area contributed by atoms with Crippen molar-refractivity contribution in [3.05, 3.63) is 58.1 Å². The lowest BCUT2D eigenvalue weighted by Crippen LogP contribution is -1.98. The van der Waals surface area contributed by atoms with Crippen molar-refractivity contribution >= 4 is 31.9 Å². The van der Waals surface area contributed by atoms with Crippen LogP contribution in [0, 0.1) is 0 Å². The standard InChI is InChI=1S/C15H14Br2O2/c1-18-14-6-7-15(12(8-14)9-16)19-10-11-2-4-13(17)5-3-11/h2-8H,9-10H2,1H3. The molecule has 0 aromatic heterocycles. The Morgan fingerprint density at radius 3 is 2.42 bits per heavy atom. The van der Waals surface area contributed by atoms with E-state index in [0.717, 1.165) is 32.4 Å². The van der Waals surface area contributed by atoms with E-state index < -0.39 is 0 Å². The highest BCUT2D eigenvalue weighted by atomic mass is 79.9. The first-order valence-corrected chi connectivity index (χ1v) is 7.74. The van der Waals surface area contributed by atoms with E-state index in [4.69, 9.17) is 9.47 Å². The topological polar surface area (TPSA) is 18.5 Å². The maximum Gasteiger partial charge on any atom is 0.124 e. The van der Waals surface area contributed by atoms with Gasteiger partial charge in [-0.05, 0) is 35.9 Å². The van der Waals surface area contributed by atoms with E-state index in [1.807, 2.05) is 42.5 Å². The summed E-state index contributed by atoms with van der Waals surface area (Å²) in [5.41, 5.74) is 2.22. The summed E-state index contributed by atoms with van der Waals surface area (Å²) in [5, 5.41) is 0.736. The highest BCUT2D eigenvalue weighted by Gasteiger charge is 2.05. The molecule has 2 nitrogen and oxygen atoms in total. The fraction of sp³-hybridized carbons (Fsp3) is 0.200. The molecule has 100 valence electrons. The van der Waals surface area contributed by atoms with Crippen LogP contribution < -0.4 is 9.47 Å². The van der Waals surface area contributed by atoms with Crippen LogP contribution in [0.15, 0.2) is 46.9 Å². The van der Waals surface area contributed by atoms with E-state index in [1.54, 1.807) is 7.11 Å². The molecule has 0 N–H and O–H groups in total. The first kappa shape index (κ1) is 14.4. The zero-order valence-corrected chi connectivity index (χ0v) is 13.7. The molecule has 0 aliphatic rings. The number of hydrogen-bond donors (Lipinski definition) is 0. The molecular formula is C15H14Br2O2. The van der Waals surface area contributed by atoms with Crippen LogP contribution in [0.4, 0.5) is 0 Å². The van der Waals surface area contributed by atoms with Crippen LogP contribution in [-0.4, -0.2) is 7.11 Å². The highest BCUT2D eigenvalue weighted by Crippen LogP contribution is 2.27. The Hall–Kier alpha value is -1.000. The minimum absolute atomic E-state index is 0.555. The summed E-state index contributed by atoms with van der Waals surface area (Å²) >= 11 is 6.88. The molecule has 0 saturated heterocycles. The van der Waals surface area contributed by atoms with Gasteiger partial charge in [0.25, 0.3) is 0 Å². The summed E-state index contributed by atoms with van der Waals surface area (Å²) in [5.74, 6) is 1.71. The van der Waals surface area contributed by atoms with Crippen LogP contribution >= 0.6 is 31.9 Å². The molecule has 0 fully saturated rings. The molecule has 0 unspecified atom stereocenters. The second-order valence-electron chi connectivity index (χ2n) is 4.02. The number of halogens is 2. The zero-order chi connectivity index (χ0) is 13.7. The lowest BCUT2D eigenvalue weighted by molar-refractivity contribution is 0.303. The van der Waals surface area contributed by atoms with Crippen molar-refractivity contribution in [1.82, 2.24) is 0 Å². The Kier molecular flexibility index (Phi) is 5.28. The molecule has 0 atom stereocenters. The molecule has 0 aliphatic carbocycles. The maximum absolute atomic E-state index is 5.85. The lowest BCUT2D eigenvalue weighted by atomic mass is 10.2. The van der Waals surface area contributed by atoms with Crippen LogP contribution in [0.3, 0.4) is 0 Å². The molecular weight excluding hydrogens is 372 g/mol. The monoisotopic (exact) mass is 384 g/mol. The first-order valence-electron chi connectivity index (χ1n) is 5.83. The van der Waals surface area contributed by atoms with E-state index in [1.165, 1.54) is 0 Å². The van der Waals surface area contributed by atoms with Crippen LogP contribution in [0.1, 0.15) is 11.1 Å². The number of alkyl halides is 1. The maximum atomic E-state index is 5.85. The van der Waals surface area contributed by atoms with Crippen LogP contribution in [-0.2, 0) is 11.9 Å². The third-order valence-electron chi connectivity index (χ3n) is 2.72. The van der Waals surface area contributed by atoms with Gasteiger partial charge in [0.15, 0.2) is 0 Å². The minimum Gasteiger partial charge on any atom is -0.497 e. The molecule has 0 radical (unpaired) electrons. The van der Waals surface area contributed by atoms with Gasteiger partial charge in [0.2, 0.25) is 0 Å². The number of ether oxygens (including phenoxy) is 2. The quantitative estimate of drug-likeness (QED) is 0.679. The van der Waals surface area contributed by atoms with Gasteiger partial charge < -0.3 is 9.47 Å². The largest absolute Gasteiger partial charge is 0.497 e. The highest BCUT2D eigenvalue weighted by molar-refractivity contribution is 9.10. The van der Waals surface area contributed by atoms with Crippen molar-refractivity contribution in [2.75, 3.05) is 7.11 Å². The van der Waals surface area contributed by atoms with Gasteiger partial charge in [-0.25, -0.2) is 0 Å². The van der Waals surface area contributed by atoms with Crippen molar-refractivity contribution in [2.24, 2.45) is 0 Å². The molecule has 2 aromatic rings. The average Bonchev–Trinajstić information content (AvgIpc) is 2.46. The fourth-order valence-corrected chi connectivity index (χ4v) is 2.37. The fourth-order valence-electron chi connectivity index (χ4n) is 1.67. The van der Waals surface area contributed by atoms with Gasteiger partial charge in [-0.1, -0.05) is 44.0 Å². The van der Waals surface area contributed by atoms with Crippen molar-refractivity contribution in [3.63, 3.8) is 0 Å². The predicted molar refractivity (Wildman–Crippen MR) is 84.1 cm³/mol. The van der Waals surface area contributed by atoms with Gasteiger partial charge in [-0.2, -0.15) is 0 Å². The molecule has 0 heterocycles. The Labute approximate surface area is 130 Å². The van der Waals surface area contributed by atoms with Crippen molar-refractivity contribution in [1.29, 1.82) is 0 Å². The van der Waals surface area contributed by atoms with Gasteiger partial charge in [0.1, 0.15) is 18.1 Å². The van der Waals surface area contributed by atoms with Crippen LogP contribution in [0.25, 0.3) is 0 Å². The zero-order valence-electron chi connectivity index (χ0n) is 10.5. The van der Waals surface area contributed by atoms with Gasteiger partial charge in [-0.15, -0.1) is 0 Å². The van der Waals surface area contributed by atoms with Gasteiger partial charge in [0, 0.05) is 15.4 Å². The Balaban J connectivity index is 2.08. The Bertz CT molecular complexity index is 538. The molecule has 0 aliphatic heterocycles. The van der Waals surface area contributed by atoms with Gasteiger partial charge in [0.05, 0.1) is 7.11 Å². The van der Waals surface area contributed by atoms with E-state index in [-0.39, 0.29) is 0 Å². The Morgan fingerprint density at radius 2 is 1.79 bits per heavy atom. The SMILES string of the molecule is COc1ccc(OCc2ccc(Br)cc2)c(CBr)c1. The van der Waals surface area contributed by atoms with Crippen LogP contribution in [0.5, 0.6) is 11.5 Å². The predicted octanol–water partition coefficient (Wildman–Crippen LogP) is 4.93. The van der Waals surface area contributed by atoms with E-state index in [9.17, 15) is 0 Å². The first-order chi connectivity index (χ1) is 9.22. The molecule has 4 heteroatoms. The molecule has 2 rings (SSSR count). The molecule has 0 bridgehead atoms. The second kappa shape index (κ2) is 6.96. The average molecular weight is 386 g/mol. The molecule has 19 heavy (non-hydrogen) atoms. The summed E-state index contributed by atoms with van der Waals surface area (Å²) in [4.78, 5) is 0. The summed E-state index contributed by atoms with van der Waals surface area (Å²) in [7, 11) is 1.66. The van der Waals surface area contributed by atoms with Crippen LogP contribution in [0.2, 0.25) is 0 Å². The smallest absolute Gasteiger partial charge is 0.124 e. The number of rotatable bonds is 5. The van der Waals surface area contributed by atoms with Crippen molar-refractivity contribution in [3.8, 4) is 11.5 Å². The summed E-state index contributed by atoms with van der Waals surface area (Å²) < 4.78 is 12.1. The summed E-state index contributed by atoms with van der Waals surface area (Å²) in [6.07, 6.45) is 0. The summed E-state index contributed by atoms with van der Waals surface area (Å²) in [6.45, 7) is 0.555. The lowest BCUT2D eigenvalue weighted by Gasteiger charge is -2.11. The molecule has 0 saturated carbocycles. The minimum atomic E-state index is 0.555. The van der Waals surface area contributed by atoms with Gasteiger partial charge >= 0.3 is 0 Å².